The Bertz CT molecular complexity index is 1170. The van der Waals surface area contributed by atoms with Crippen LogP contribution in [0.5, 0.6) is 5.75 Å². The summed E-state index contributed by atoms with van der Waals surface area (Å²) in [6, 6.07) is 23.1. The number of rotatable bonds is 8. The van der Waals surface area contributed by atoms with Crippen molar-refractivity contribution in [3.63, 3.8) is 0 Å². The minimum atomic E-state index is -1.01. The van der Waals surface area contributed by atoms with E-state index in [4.69, 9.17) is 14.8 Å². The molecule has 0 aliphatic carbocycles. The van der Waals surface area contributed by atoms with Crippen molar-refractivity contribution in [3.8, 4) is 39.7 Å². The summed E-state index contributed by atoms with van der Waals surface area (Å²) >= 11 is 0. The van der Waals surface area contributed by atoms with Crippen molar-refractivity contribution in [1.82, 2.24) is 15.0 Å². The zero-order valence-corrected chi connectivity index (χ0v) is 17.3. The van der Waals surface area contributed by atoms with Crippen LogP contribution in [0, 0.1) is 0 Å². The normalized spacial score (nSPS) is 10.5. The van der Waals surface area contributed by atoms with Crippen molar-refractivity contribution >= 4 is 5.97 Å². The number of hydrogen-bond donors (Lipinski definition) is 1. The van der Waals surface area contributed by atoms with Crippen molar-refractivity contribution < 1.29 is 14.6 Å². The van der Waals surface area contributed by atoms with Gasteiger partial charge in [0.05, 0.1) is 29.4 Å². The van der Waals surface area contributed by atoms with Crippen LogP contribution in [0.15, 0.2) is 97.3 Å². The quantitative estimate of drug-likeness (QED) is 0.388. The fourth-order valence-electron chi connectivity index (χ4n) is 3.13. The summed E-state index contributed by atoms with van der Waals surface area (Å²) in [5.41, 5.74) is 5.18. The first-order valence-corrected chi connectivity index (χ1v) is 10.1. The molecule has 0 saturated heterocycles. The van der Waals surface area contributed by atoms with Gasteiger partial charge in [-0.2, -0.15) is 0 Å². The van der Waals surface area contributed by atoms with Gasteiger partial charge in [0.2, 0.25) is 0 Å². The number of hydrogen-bond acceptors (Lipinski definition) is 5. The number of benzene rings is 1. The Balaban J connectivity index is 1.62. The molecule has 4 aromatic rings. The number of aromatic nitrogens is 3. The molecule has 0 fully saturated rings. The van der Waals surface area contributed by atoms with Gasteiger partial charge < -0.3 is 9.84 Å². The lowest BCUT2D eigenvalue weighted by Gasteiger charge is -2.10. The molecular weight excluding hydrogens is 402 g/mol. The number of carbonyl (C=O) groups is 1. The van der Waals surface area contributed by atoms with Gasteiger partial charge in [-0.05, 0) is 59.7 Å². The topological polar surface area (TPSA) is 85.2 Å². The minimum absolute atomic E-state index is 0.127. The van der Waals surface area contributed by atoms with Gasteiger partial charge in [-0.15, -0.1) is 0 Å². The maximum atomic E-state index is 10.8. The highest BCUT2D eigenvalue weighted by Crippen LogP contribution is 2.29. The lowest BCUT2D eigenvalue weighted by Crippen LogP contribution is -2.05. The summed E-state index contributed by atoms with van der Waals surface area (Å²) < 4.78 is 5.65. The Morgan fingerprint density at radius 2 is 1.41 bits per heavy atom. The van der Waals surface area contributed by atoms with E-state index in [0.717, 1.165) is 33.9 Å². The highest BCUT2D eigenvalue weighted by molar-refractivity contribution is 5.85. The van der Waals surface area contributed by atoms with E-state index in [9.17, 15) is 4.79 Å². The van der Waals surface area contributed by atoms with Crippen LogP contribution < -0.4 is 4.74 Å². The summed E-state index contributed by atoms with van der Waals surface area (Å²) in [5.74, 6) is -0.343. The fourth-order valence-corrected chi connectivity index (χ4v) is 3.13. The van der Waals surface area contributed by atoms with E-state index >= 15 is 0 Å². The summed E-state index contributed by atoms with van der Waals surface area (Å²) in [4.78, 5) is 24.5. The van der Waals surface area contributed by atoms with Crippen LogP contribution in [0.2, 0.25) is 0 Å². The molecule has 0 saturated carbocycles. The zero-order valence-electron chi connectivity index (χ0n) is 17.3. The largest absolute Gasteiger partial charge is 0.493 e. The third-order valence-corrected chi connectivity index (χ3v) is 4.84. The molecule has 0 atom stereocenters. The van der Waals surface area contributed by atoms with Gasteiger partial charge in [-0.25, -0.2) is 9.78 Å². The number of pyridine rings is 3. The monoisotopic (exact) mass is 423 g/mol. The van der Waals surface area contributed by atoms with Crippen molar-refractivity contribution in [2.24, 2.45) is 0 Å². The van der Waals surface area contributed by atoms with Gasteiger partial charge in [-0.1, -0.05) is 30.8 Å². The van der Waals surface area contributed by atoms with E-state index in [-0.39, 0.29) is 18.6 Å². The molecule has 0 bridgehead atoms. The Hall–Kier alpha value is -4.32. The summed E-state index contributed by atoms with van der Waals surface area (Å²) in [6.07, 6.45) is 3.76. The molecule has 0 aliphatic rings. The van der Waals surface area contributed by atoms with E-state index in [1.165, 1.54) is 0 Å². The first-order chi connectivity index (χ1) is 15.6. The maximum Gasteiger partial charge on any atom is 0.331 e. The van der Waals surface area contributed by atoms with Crippen LogP contribution in [0.3, 0.4) is 0 Å². The maximum absolute atomic E-state index is 10.8. The Morgan fingerprint density at radius 1 is 0.812 bits per heavy atom. The van der Waals surface area contributed by atoms with E-state index in [1.807, 2.05) is 72.8 Å². The van der Waals surface area contributed by atoms with Gasteiger partial charge in [0, 0.05) is 24.4 Å². The molecule has 3 aromatic heterocycles. The number of nitrogens with zero attached hydrogens (tertiary/aromatic N) is 3. The molecule has 3 heterocycles. The van der Waals surface area contributed by atoms with Crippen molar-refractivity contribution in [3.05, 3.63) is 97.3 Å². The van der Waals surface area contributed by atoms with Gasteiger partial charge in [0.1, 0.15) is 5.75 Å². The summed E-state index contributed by atoms with van der Waals surface area (Å²) in [5, 5.41) is 8.88. The van der Waals surface area contributed by atoms with Crippen LogP contribution in [0.25, 0.3) is 33.9 Å². The standard InChI is InChI=1S/C26H21N3O3/c1-18(26(30)31)12-15-32-21-10-8-19(9-11-21)20-16-24(22-6-2-4-13-27-22)29-25(17-20)23-7-3-5-14-28-23/h2-11,13-14,16-17H,1,12,15H2,(H,30,31). The lowest BCUT2D eigenvalue weighted by atomic mass is 10.0. The molecule has 0 unspecified atom stereocenters. The van der Waals surface area contributed by atoms with Crippen molar-refractivity contribution in [2.45, 2.75) is 6.42 Å². The average Bonchev–Trinajstić information content (AvgIpc) is 2.85. The second-order valence-electron chi connectivity index (χ2n) is 7.09. The lowest BCUT2D eigenvalue weighted by molar-refractivity contribution is -0.132. The van der Waals surface area contributed by atoms with Crippen molar-refractivity contribution in [2.75, 3.05) is 6.61 Å². The van der Waals surface area contributed by atoms with E-state index in [2.05, 4.69) is 16.5 Å². The van der Waals surface area contributed by atoms with Gasteiger partial charge in [-0.3, -0.25) is 9.97 Å². The van der Waals surface area contributed by atoms with Crippen molar-refractivity contribution in [1.29, 1.82) is 0 Å². The predicted octanol–water partition coefficient (Wildman–Crippen LogP) is 5.28. The molecule has 32 heavy (non-hydrogen) atoms. The Labute approximate surface area is 185 Å². The van der Waals surface area contributed by atoms with Gasteiger partial charge in [0.25, 0.3) is 0 Å². The third-order valence-electron chi connectivity index (χ3n) is 4.84. The molecule has 0 aliphatic heterocycles. The molecule has 6 heteroatoms. The first kappa shape index (κ1) is 20.9. The molecule has 158 valence electrons. The molecule has 0 spiro atoms. The van der Waals surface area contributed by atoms with Crippen LogP contribution in [-0.2, 0) is 4.79 Å². The SMILES string of the molecule is C=C(CCOc1ccc(-c2cc(-c3ccccn3)nc(-c3ccccn3)c2)cc1)C(=O)O. The minimum Gasteiger partial charge on any atom is -0.493 e. The highest BCUT2D eigenvalue weighted by atomic mass is 16.5. The Morgan fingerprint density at radius 3 is 1.91 bits per heavy atom. The van der Waals surface area contributed by atoms with E-state index in [0.29, 0.717) is 5.75 Å². The second-order valence-corrected chi connectivity index (χ2v) is 7.09. The van der Waals surface area contributed by atoms with Crippen LogP contribution in [-0.4, -0.2) is 32.6 Å². The van der Waals surface area contributed by atoms with Crippen LogP contribution in [0.4, 0.5) is 0 Å². The smallest absolute Gasteiger partial charge is 0.331 e. The predicted molar refractivity (Wildman–Crippen MR) is 123 cm³/mol. The molecular formula is C26H21N3O3. The zero-order chi connectivity index (χ0) is 22.3. The molecule has 0 amide bonds. The average molecular weight is 423 g/mol. The van der Waals surface area contributed by atoms with Crippen LogP contribution in [0.1, 0.15) is 6.42 Å². The second kappa shape index (κ2) is 9.66. The third kappa shape index (κ3) is 5.05. The van der Waals surface area contributed by atoms with E-state index in [1.54, 1.807) is 12.4 Å². The summed E-state index contributed by atoms with van der Waals surface area (Å²) in [7, 11) is 0. The molecule has 1 aromatic carbocycles. The number of ether oxygens (including phenoxy) is 1. The summed E-state index contributed by atoms with van der Waals surface area (Å²) in [6.45, 7) is 3.77. The first-order valence-electron chi connectivity index (χ1n) is 10.1. The van der Waals surface area contributed by atoms with Gasteiger partial charge in [0.15, 0.2) is 0 Å². The highest BCUT2D eigenvalue weighted by Gasteiger charge is 2.10. The number of carboxylic acids is 1. The molecule has 1 N–H and O–H groups in total. The molecule has 4 rings (SSSR count). The van der Waals surface area contributed by atoms with E-state index < -0.39 is 5.97 Å². The fraction of sp³-hybridized carbons (Fsp3) is 0.0769. The number of aliphatic carboxylic acids is 1. The number of carboxylic acid groups (broad SMARTS) is 1. The van der Waals surface area contributed by atoms with Crippen LogP contribution >= 0.6 is 0 Å². The Kier molecular flexibility index (Phi) is 6.32. The molecule has 0 radical (unpaired) electrons. The van der Waals surface area contributed by atoms with Gasteiger partial charge >= 0.3 is 5.97 Å². The molecule has 6 nitrogen and oxygen atoms in total.